The van der Waals surface area contributed by atoms with Crippen LogP contribution in [0.15, 0.2) is 66.7 Å². The maximum absolute atomic E-state index is 14.6. The van der Waals surface area contributed by atoms with Gasteiger partial charge in [0.15, 0.2) is 11.6 Å². The van der Waals surface area contributed by atoms with E-state index in [1.807, 2.05) is 0 Å². The SMILES string of the molecule is CCCCc1ccc(CCc2cc(F)c(C#Cc3ccc4cc(F)c(F)cc4c3)c(F)c2)cc1. The molecule has 0 nitrogen and oxygen atoms in total. The quantitative estimate of drug-likeness (QED) is 0.202. The van der Waals surface area contributed by atoms with Gasteiger partial charge in [-0.1, -0.05) is 55.5 Å². The van der Waals surface area contributed by atoms with Crippen LogP contribution in [-0.2, 0) is 19.3 Å². The Labute approximate surface area is 197 Å². The van der Waals surface area contributed by atoms with E-state index in [9.17, 15) is 17.6 Å². The number of rotatable bonds is 6. The van der Waals surface area contributed by atoms with E-state index in [4.69, 9.17) is 0 Å². The molecule has 0 saturated carbocycles. The van der Waals surface area contributed by atoms with Gasteiger partial charge < -0.3 is 0 Å². The first-order chi connectivity index (χ1) is 16.4. The molecule has 0 fully saturated rings. The van der Waals surface area contributed by atoms with Gasteiger partial charge in [0, 0.05) is 5.56 Å². The molecule has 0 aliphatic rings. The predicted octanol–water partition coefficient (Wildman–Crippen LogP) is 7.92. The molecule has 34 heavy (non-hydrogen) atoms. The molecule has 0 bridgehead atoms. The van der Waals surface area contributed by atoms with Crippen LogP contribution in [0.25, 0.3) is 10.8 Å². The third-order valence-corrected chi connectivity index (χ3v) is 5.86. The zero-order valence-corrected chi connectivity index (χ0v) is 18.9. The molecule has 0 unspecified atom stereocenters. The normalized spacial score (nSPS) is 10.9. The number of halogens is 4. The lowest BCUT2D eigenvalue weighted by Gasteiger charge is -2.06. The standard InChI is InChI=1S/C30H24F4/c1-2-3-4-20-5-7-21(8-6-20)9-10-23-16-27(31)26(28(32)17-23)14-12-22-11-13-24-18-29(33)30(34)19-25(24)15-22/h5-8,11,13,15-19H,2-4,9-10H2,1H3. The molecule has 0 saturated heterocycles. The van der Waals surface area contributed by atoms with Crippen LogP contribution < -0.4 is 0 Å². The van der Waals surface area contributed by atoms with Gasteiger partial charge in [0.2, 0.25) is 0 Å². The lowest BCUT2D eigenvalue weighted by atomic mass is 10.0. The van der Waals surface area contributed by atoms with Gasteiger partial charge in [0.25, 0.3) is 0 Å². The largest absolute Gasteiger partial charge is 0.206 e. The third kappa shape index (κ3) is 5.66. The van der Waals surface area contributed by atoms with E-state index in [1.54, 1.807) is 18.2 Å². The molecule has 4 rings (SSSR count). The molecule has 0 atom stereocenters. The van der Waals surface area contributed by atoms with Gasteiger partial charge in [-0.25, -0.2) is 17.6 Å². The van der Waals surface area contributed by atoms with Crippen molar-refractivity contribution < 1.29 is 17.6 Å². The maximum Gasteiger partial charge on any atom is 0.159 e. The average Bonchev–Trinajstić information content (AvgIpc) is 2.82. The van der Waals surface area contributed by atoms with Crippen LogP contribution in [0.4, 0.5) is 17.6 Å². The van der Waals surface area contributed by atoms with E-state index in [1.165, 1.54) is 17.7 Å². The Morgan fingerprint density at radius 3 is 1.79 bits per heavy atom. The molecule has 4 heteroatoms. The summed E-state index contributed by atoms with van der Waals surface area (Å²) in [6.07, 6.45) is 4.58. The lowest BCUT2D eigenvalue weighted by molar-refractivity contribution is 0.511. The van der Waals surface area contributed by atoms with Gasteiger partial charge >= 0.3 is 0 Å². The Hall–Kier alpha value is -3.58. The molecule has 0 radical (unpaired) electrons. The van der Waals surface area contributed by atoms with Crippen LogP contribution >= 0.6 is 0 Å². The minimum atomic E-state index is -0.960. The number of hydrogen-bond acceptors (Lipinski definition) is 0. The summed E-state index contributed by atoms with van der Waals surface area (Å²) in [6.45, 7) is 2.17. The number of aryl methyl sites for hydroxylation is 3. The van der Waals surface area contributed by atoms with Crippen LogP contribution in [0.3, 0.4) is 0 Å². The lowest BCUT2D eigenvalue weighted by Crippen LogP contribution is -1.98. The molecule has 172 valence electrons. The Kier molecular flexibility index (Phi) is 7.33. The summed E-state index contributed by atoms with van der Waals surface area (Å²) in [5.74, 6) is 1.94. The second-order valence-corrected chi connectivity index (χ2v) is 8.43. The Balaban J connectivity index is 1.47. The molecule has 0 aliphatic carbocycles. The summed E-state index contributed by atoms with van der Waals surface area (Å²) in [5, 5.41) is 0.974. The van der Waals surface area contributed by atoms with Crippen molar-refractivity contribution in [2.45, 2.75) is 39.0 Å². The van der Waals surface area contributed by atoms with Crippen molar-refractivity contribution in [3.63, 3.8) is 0 Å². The van der Waals surface area contributed by atoms with Gasteiger partial charge in [-0.3, -0.25) is 0 Å². The first kappa shape index (κ1) is 23.6. The van der Waals surface area contributed by atoms with E-state index in [0.717, 1.165) is 37.0 Å². The summed E-state index contributed by atoms with van der Waals surface area (Å²) < 4.78 is 56.1. The maximum atomic E-state index is 14.6. The molecule has 4 aromatic carbocycles. The topological polar surface area (TPSA) is 0 Å². The zero-order chi connectivity index (χ0) is 24.1. The second kappa shape index (κ2) is 10.6. The first-order valence-electron chi connectivity index (χ1n) is 11.4. The highest BCUT2D eigenvalue weighted by Crippen LogP contribution is 2.21. The summed E-state index contributed by atoms with van der Waals surface area (Å²) >= 11 is 0. The van der Waals surface area contributed by atoms with Crippen LogP contribution in [0.2, 0.25) is 0 Å². The number of benzene rings is 4. The fourth-order valence-corrected chi connectivity index (χ4v) is 3.89. The van der Waals surface area contributed by atoms with Crippen molar-refractivity contribution in [2.24, 2.45) is 0 Å². The van der Waals surface area contributed by atoms with Crippen LogP contribution in [0.5, 0.6) is 0 Å². The van der Waals surface area contributed by atoms with Crippen LogP contribution in [-0.4, -0.2) is 0 Å². The molecule has 0 N–H and O–H groups in total. The van der Waals surface area contributed by atoms with Gasteiger partial charge in [0.05, 0.1) is 5.56 Å². The fraction of sp³-hybridized carbons (Fsp3) is 0.200. The Morgan fingerprint density at radius 2 is 1.15 bits per heavy atom. The highest BCUT2D eigenvalue weighted by Gasteiger charge is 2.10. The van der Waals surface area contributed by atoms with Crippen molar-refractivity contribution in [2.75, 3.05) is 0 Å². The molecule has 0 aliphatic heterocycles. The van der Waals surface area contributed by atoms with Crippen molar-refractivity contribution in [1.29, 1.82) is 0 Å². The molecule has 0 aromatic heterocycles. The van der Waals surface area contributed by atoms with E-state index in [-0.39, 0.29) is 5.56 Å². The van der Waals surface area contributed by atoms with E-state index in [0.29, 0.717) is 34.7 Å². The minimum absolute atomic E-state index is 0.311. The molecular weight excluding hydrogens is 436 g/mol. The minimum Gasteiger partial charge on any atom is -0.206 e. The highest BCUT2D eigenvalue weighted by atomic mass is 19.2. The zero-order valence-electron chi connectivity index (χ0n) is 18.9. The monoisotopic (exact) mass is 460 g/mol. The summed E-state index contributed by atoms with van der Waals surface area (Å²) in [6, 6.07) is 17.9. The second-order valence-electron chi connectivity index (χ2n) is 8.43. The molecule has 0 spiro atoms. The Morgan fingerprint density at radius 1 is 0.559 bits per heavy atom. The number of unbranched alkanes of at least 4 members (excludes halogenated alkanes) is 1. The molecule has 4 aromatic rings. The van der Waals surface area contributed by atoms with Gasteiger partial charge in [0.1, 0.15) is 11.6 Å². The van der Waals surface area contributed by atoms with Crippen LogP contribution in [0, 0.1) is 35.1 Å². The summed E-state index contributed by atoms with van der Waals surface area (Å²) in [4.78, 5) is 0. The van der Waals surface area contributed by atoms with Crippen molar-refractivity contribution in [3.05, 3.63) is 118 Å². The number of hydrogen-bond donors (Lipinski definition) is 0. The smallest absolute Gasteiger partial charge is 0.159 e. The van der Waals surface area contributed by atoms with Crippen LogP contribution in [0.1, 0.15) is 47.6 Å². The average molecular weight is 461 g/mol. The fourth-order valence-electron chi connectivity index (χ4n) is 3.89. The van der Waals surface area contributed by atoms with Gasteiger partial charge in [-0.2, -0.15) is 0 Å². The number of fused-ring (bicyclic) bond motifs is 1. The van der Waals surface area contributed by atoms with E-state index in [2.05, 4.69) is 43.0 Å². The highest BCUT2D eigenvalue weighted by molar-refractivity contribution is 5.84. The first-order valence-corrected chi connectivity index (χ1v) is 11.4. The van der Waals surface area contributed by atoms with Gasteiger partial charge in [-0.15, -0.1) is 0 Å². The molecular formula is C30H24F4. The third-order valence-electron chi connectivity index (χ3n) is 5.86. The van der Waals surface area contributed by atoms with Crippen molar-refractivity contribution in [1.82, 2.24) is 0 Å². The molecule has 0 amide bonds. The van der Waals surface area contributed by atoms with Crippen molar-refractivity contribution in [3.8, 4) is 11.8 Å². The van der Waals surface area contributed by atoms with Gasteiger partial charge in [-0.05, 0) is 89.5 Å². The summed E-state index contributed by atoms with van der Waals surface area (Å²) in [5.41, 5.74) is 3.13. The molecule has 0 heterocycles. The van der Waals surface area contributed by atoms with E-state index < -0.39 is 23.3 Å². The van der Waals surface area contributed by atoms with E-state index >= 15 is 0 Å². The Bertz CT molecular complexity index is 1350. The summed E-state index contributed by atoms with van der Waals surface area (Å²) in [7, 11) is 0. The van der Waals surface area contributed by atoms with Crippen molar-refractivity contribution >= 4 is 10.8 Å². The predicted molar refractivity (Wildman–Crippen MR) is 129 cm³/mol.